The number of hydrogen-bond acceptors (Lipinski definition) is 5. The van der Waals surface area contributed by atoms with Crippen molar-refractivity contribution < 1.29 is 13.5 Å². The quantitative estimate of drug-likeness (QED) is 0.408. The van der Waals surface area contributed by atoms with Crippen LogP contribution in [-0.2, 0) is 10.0 Å². The lowest BCUT2D eigenvalue weighted by atomic mass is 10.6. The highest BCUT2D eigenvalue weighted by Gasteiger charge is 2.18. The molecular weight excluding hydrogens is 172 g/mol. The molecule has 0 atom stereocenters. The first-order chi connectivity index (χ1) is 4.93. The Morgan fingerprint density at radius 2 is 2.09 bits per heavy atom. The Balaban J connectivity index is 3.38. The highest BCUT2D eigenvalue weighted by Crippen LogP contribution is 2.22. The van der Waals surface area contributed by atoms with E-state index in [1.165, 1.54) is 0 Å². The van der Waals surface area contributed by atoms with Crippen molar-refractivity contribution in [1.82, 2.24) is 10.2 Å². The Labute approximate surface area is 62.1 Å². The van der Waals surface area contributed by atoms with Gasteiger partial charge in [0.05, 0.1) is 0 Å². The topological polar surface area (TPSA) is 135 Å². The smallest absolute Gasteiger partial charge is 0.259 e. The molecule has 0 aliphatic carbocycles. The molecule has 0 amide bonds. The summed E-state index contributed by atoms with van der Waals surface area (Å²) >= 11 is 0. The van der Waals surface area contributed by atoms with Crippen molar-refractivity contribution in [2.75, 3.05) is 5.73 Å². The van der Waals surface area contributed by atoms with E-state index in [1.54, 1.807) is 0 Å². The minimum atomic E-state index is -3.94. The SMILES string of the molecule is Nc1c(S(N)(=O)=O)n[nH]c1O. The van der Waals surface area contributed by atoms with Gasteiger partial charge in [-0.2, -0.15) is 5.10 Å². The number of H-pyrrole nitrogens is 1. The van der Waals surface area contributed by atoms with Crippen LogP contribution in [0.15, 0.2) is 5.03 Å². The maximum atomic E-state index is 10.6. The van der Waals surface area contributed by atoms with Crippen LogP contribution in [0.3, 0.4) is 0 Å². The molecule has 0 aliphatic rings. The molecule has 0 radical (unpaired) electrons. The molecular formula is C3H6N4O3S. The van der Waals surface area contributed by atoms with Gasteiger partial charge in [0, 0.05) is 0 Å². The molecule has 1 aromatic rings. The van der Waals surface area contributed by atoms with Crippen molar-refractivity contribution in [3.63, 3.8) is 0 Å². The standard InChI is InChI=1S/C3H6N4O3S/c4-1-2(8)6-7-3(1)11(5,9)10/h4H2,(H2,5,9,10)(H2,6,7,8). The maximum absolute atomic E-state index is 10.6. The lowest BCUT2D eigenvalue weighted by molar-refractivity contribution is 0.454. The van der Waals surface area contributed by atoms with Gasteiger partial charge in [-0.1, -0.05) is 0 Å². The Morgan fingerprint density at radius 1 is 1.55 bits per heavy atom. The largest absolute Gasteiger partial charge is 0.492 e. The second kappa shape index (κ2) is 2.10. The Bertz CT molecular complexity index is 366. The van der Waals surface area contributed by atoms with E-state index in [-0.39, 0.29) is 5.69 Å². The molecule has 0 saturated carbocycles. The van der Waals surface area contributed by atoms with Crippen molar-refractivity contribution in [1.29, 1.82) is 0 Å². The van der Waals surface area contributed by atoms with E-state index in [4.69, 9.17) is 10.8 Å². The Kier molecular flexibility index (Phi) is 1.50. The summed E-state index contributed by atoms with van der Waals surface area (Å²) < 4.78 is 21.1. The van der Waals surface area contributed by atoms with Crippen LogP contribution in [0, 0.1) is 0 Å². The van der Waals surface area contributed by atoms with E-state index in [9.17, 15) is 8.42 Å². The minimum absolute atomic E-state index is 0.368. The number of anilines is 1. The zero-order valence-electron chi connectivity index (χ0n) is 5.27. The minimum Gasteiger partial charge on any atom is -0.492 e. The van der Waals surface area contributed by atoms with Crippen LogP contribution in [0.1, 0.15) is 0 Å². The summed E-state index contributed by atoms with van der Waals surface area (Å²) in [7, 11) is -3.94. The number of rotatable bonds is 1. The number of aromatic hydroxyl groups is 1. The molecule has 0 unspecified atom stereocenters. The highest BCUT2D eigenvalue weighted by molar-refractivity contribution is 7.89. The monoisotopic (exact) mass is 178 g/mol. The molecule has 1 heterocycles. The predicted octanol–water partition coefficient (Wildman–Crippen LogP) is -1.66. The molecule has 1 rings (SSSR count). The molecule has 0 aromatic carbocycles. The molecule has 0 saturated heterocycles. The van der Waals surface area contributed by atoms with Crippen LogP contribution in [0.5, 0.6) is 5.88 Å². The number of nitrogens with two attached hydrogens (primary N) is 2. The number of aromatic amines is 1. The van der Waals surface area contributed by atoms with Gasteiger partial charge in [0.1, 0.15) is 5.69 Å². The number of sulfonamides is 1. The van der Waals surface area contributed by atoms with Crippen molar-refractivity contribution in [2.45, 2.75) is 5.03 Å². The number of nitrogen functional groups attached to an aromatic ring is 1. The second-order valence-corrected chi connectivity index (χ2v) is 3.31. The molecule has 0 bridgehead atoms. The van der Waals surface area contributed by atoms with Crippen molar-refractivity contribution in [2.24, 2.45) is 5.14 Å². The van der Waals surface area contributed by atoms with Gasteiger partial charge in [0.2, 0.25) is 10.9 Å². The van der Waals surface area contributed by atoms with E-state index in [2.05, 4.69) is 10.2 Å². The predicted molar refractivity (Wildman–Crippen MR) is 36.0 cm³/mol. The molecule has 0 aliphatic heterocycles. The van der Waals surface area contributed by atoms with E-state index in [0.29, 0.717) is 0 Å². The average Bonchev–Trinajstić information content (AvgIpc) is 2.11. The maximum Gasteiger partial charge on any atom is 0.259 e. The summed E-state index contributed by atoms with van der Waals surface area (Å²) in [5.74, 6) is -0.506. The summed E-state index contributed by atoms with van der Waals surface area (Å²) in [6, 6.07) is 0. The van der Waals surface area contributed by atoms with Crippen LogP contribution in [-0.4, -0.2) is 23.7 Å². The van der Waals surface area contributed by atoms with E-state index in [0.717, 1.165) is 0 Å². The molecule has 11 heavy (non-hydrogen) atoms. The summed E-state index contributed by atoms with van der Waals surface area (Å²) in [6.07, 6.45) is 0. The number of primary sulfonamides is 1. The molecule has 6 N–H and O–H groups in total. The summed E-state index contributed by atoms with van der Waals surface area (Å²) in [5, 5.41) is 18.0. The van der Waals surface area contributed by atoms with Gasteiger partial charge in [-0.25, -0.2) is 18.7 Å². The lowest BCUT2D eigenvalue weighted by Crippen LogP contribution is -2.14. The van der Waals surface area contributed by atoms with Crippen molar-refractivity contribution in [3.8, 4) is 5.88 Å². The molecule has 1 aromatic heterocycles. The number of nitrogens with zero attached hydrogens (tertiary/aromatic N) is 1. The zero-order chi connectivity index (χ0) is 8.65. The third kappa shape index (κ3) is 1.25. The lowest BCUT2D eigenvalue weighted by Gasteiger charge is -1.91. The van der Waals surface area contributed by atoms with Crippen molar-refractivity contribution >= 4 is 15.7 Å². The number of hydrogen-bond donors (Lipinski definition) is 4. The van der Waals surface area contributed by atoms with Crippen molar-refractivity contribution in [3.05, 3.63) is 0 Å². The Morgan fingerprint density at radius 3 is 2.27 bits per heavy atom. The number of aromatic nitrogens is 2. The second-order valence-electron chi connectivity index (χ2n) is 1.84. The van der Waals surface area contributed by atoms with Gasteiger partial charge in [0.15, 0.2) is 0 Å². The fraction of sp³-hybridized carbons (Fsp3) is 0. The third-order valence-corrected chi connectivity index (χ3v) is 1.87. The normalized spacial score (nSPS) is 11.7. The Hall–Kier alpha value is -1.28. The molecule has 62 valence electrons. The average molecular weight is 178 g/mol. The van der Waals surface area contributed by atoms with Gasteiger partial charge in [-0.15, -0.1) is 0 Å². The van der Waals surface area contributed by atoms with Gasteiger partial charge >= 0.3 is 0 Å². The van der Waals surface area contributed by atoms with E-state index < -0.39 is 20.9 Å². The molecule has 7 nitrogen and oxygen atoms in total. The fourth-order valence-electron chi connectivity index (χ4n) is 0.542. The zero-order valence-corrected chi connectivity index (χ0v) is 6.09. The number of nitrogens with one attached hydrogen (secondary N) is 1. The van der Waals surface area contributed by atoms with Crippen LogP contribution >= 0.6 is 0 Å². The van der Waals surface area contributed by atoms with Gasteiger partial charge in [-0.05, 0) is 0 Å². The van der Waals surface area contributed by atoms with Gasteiger partial charge in [0.25, 0.3) is 10.0 Å². The van der Waals surface area contributed by atoms with Crippen LogP contribution in [0.25, 0.3) is 0 Å². The summed E-state index contributed by atoms with van der Waals surface area (Å²) in [6.45, 7) is 0. The fourth-order valence-corrected chi connectivity index (χ4v) is 1.12. The summed E-state index contributed by atoms with van der Waals surface area (Å²) in [4.78, 5) is 0. The first-order valence-electron chi connectivity index (χ1n) is 2.48. The van der Waals surface area contributed by atoms with E-state index >= 15 is 0 Å². The van der Waals surface area contributed by atoms with Gasteiger partial charge < -0.3 is 10.8 Å². The third-order valence-electron chi connectivity index (χ3n) is 1.02. The molecule has 0 fully saturated rings. The van der Waals surface area contributed by atoms with E-state index in [1.807, 2.05) is 5.10 Å². The first kappa shape index (κ1) is 7.82. The first-order valence-corrected chi connectivity index (χ1v) is 4.03. The van der Waals surface area contributed by atoms with Gasteiger partial charge in [-0.3, -0.25) is 0 Å². The van der Waals surface area contributed by atoms with Crippen LogP contribution < -0.4 is 10.9 Å². The van der Waals surface area contributed by atoms with Crippen LogP contribution in [0.2, 0.25) is 0 Å². The molecule has 0 spiro atoms. The highest BCUT2D eigenvalue weighted by atomic mass is 32.2. The summed E-state index contributed by atoms with van der Waals surface area (Å²) in [5.41, 5.74) is 4.72. The van der Waals surface area contributed by atoms with Crippen LogP contribution in [0.4, 0.5) is 5.69 Å². The molecule has 8 heteroatoms.